The van der Waals surface area contributed by atoms with Crippen molar-refractivity contribution in [3.63, 3.8) is 0 Å². The molecule has 4 fully saturated rings. The minimum absolute atomic E-state index is 0.0694. The number of carboxylic acid groups (broad SMARTS) is 1. The molecule has 0 amide bonds. The Balaban J connectivity index is 1.97. The molecule has 4 saturated carbocycles. The van der Waals surface area contributed by atoms with Gasteiger partial charge in [0.05, 0.1) is 12.0 Å². The van der Waals surface area contributed by atoms with Gasteiger partial charge in [0.2, 0.25) is 0 Å². The number of carboxylic acids is 1. The standard InChI is InChI=1S/C10H14O3/c11-9-5-1-4-2-7(9)8(10(12)13)6(4)3-5/h4-9,11H,1-3H2,(H,12,13). The quantitative estimate of drug-likeness (QED) is 0.628. The van der Waals surface area contributed by atoms with E-state index in [9.17, 15) is 9.90 Å². The van der Waals surface area contributed by atoms with Crippen molar-refractivity contribution in [1.29, 1.82) is 0 Å². The molecule has 6 atom stereocenters. The van der Waals surface area contributed by atoms with Crippen LogP contribution in [-0.4, -0.2) is 22.3 Å². The first kappa shape index (κ1) is 7.80. The van der Waals surface area contributed by atoms with E-state index < -0.39 is 5.97 Å². The minimum atomic E-state index is -0.683. The topological polar surface area (TPSA) is 57.5 Å². The van der Waals surface area contributed by atoms with Crippen molar-refractivity contribution in [2.75, 3.05) is 0 Å². The molecule has 0 radical (unpaired) electrons. The van der Waals surface area contributed by atoms with Crippen LogP contribution in [0.25, 0.3) is 0 Å². The minimum Gasteiger partial charge on any atom is -0.481 e. The third kappa shape index (κ3) is 0.810. The highest BCUT2D eigenvalue weighted by atomic mass is 16.4. The largest absolute Gasteiger partial charge is 0.481 e. The summed E-state index contributed by atoms with van der Waals surface area (Å²) in [6.07, 6.45) is 2.67. The van der Waals surface area contributed by atoms with Crippen LogP contribution in [0.15, 0.2) is 0 Å². The molecule has 4 bridgehead atoms. The number of hydrogen-bond acceptors (Lipinski definition) is 2. The highest BCUT2D eigenvalue weighted by Gasteiger charge is 2.60. The summed E-state index contributed by atoms with van der Waals surface area (Å²) in [4.78, 5) is 11.0. The number of aliphatic carboxylic acids is 1. The van der Waals surface area contributed by atoms with Crippen molar-refractivity contribution in [2.24, 2.45) is 29.6 Å². The van der Waals surface area contributed by atoms with Crippen LogP contribution < -0.4 is 0 Å². The lowest BCUT2D eigenvalue weighted by molar-refractivity contribution is -0.149. The molecule has 3 heteroatoms. The average molecular weight is 182 g/mol. The van der Waals surface area contributed by atoms with Gasteiger partial charge in [-0.1, -0.05) is 0 Å². The predicted molar refractivity (Wildman–Crippen MR) is 44.9 cm³/mol. The molecule has 0 aliphatic heterocycles. The number of aliphatic hydroxyl groups excluding tert-OH is 1. The number of rotatable bonds is 1. The van der Waals surface area contributed by atoms with E-state index in [0.717, 1.165) is 19.3 Å². The van der Waals surface area contributed by atoms with E-state index in [-0.39, 0.29) is 17.9 Å². The highest BCUT2D eigenvalue weighted by molar-refractivity contribution is 5.72. The Morgan fingerprint density at radius 1 is 1.08 bits per heavy atom. The van der Waals surface area contributed by atoms with Crippen molar-refractivity contribution in [2.45, 2.75) is 25.4 Å². The molecule has 0 aromatic carbocycles. The van der Waals surface area contributed by atoms with Crippen LogP contribution >= 0.6 is 0 Å². The van der Waals surface area contributed by atoms with Gasteiger partial charge in [0, 0.05) is 0 Å². The molecule has 72 valence electrons. The van der Waals surface area contributed by atoms with Crippen LogP contribution in [0.2, 0.25) is 0 Å². The summed E-state index contributed by atoms with van der Waals surface area (Å²) >= 11 is 0. The molecule has 2 N–H and O–H groups in total. The van der Waals surface area contributed by atoms with E-state index in [1.807, 2.05) is 0 Å². The van der Waals surface area contributed by atoms with E-state index in [2.05, 4.69) is 0 Å². The molecule has 6 unspecified atom stereocenters. The summed E-state index contributed by atoms with van der Waals surface area (Å²) < 4.78 is 0. The van der Waals surface area contributed by atoms with Crippen LogP contribution in [0, 0.1) is 29.6 Å². The Kier molecular flexibility index (Phi) is 1.36. The Morgan fingerprint density at radius 3 is 2.46 bits per heavy atom. The molecular formula is C10H14O3. The first-order valence-corrected chi connectivity index (χ1v) is 5.09. The molecular weight excluding hydrogens is 168 g/mol. The van der Waals surface area contributed by atoms with Gasteiger partial charge in [-0.3, -0.25) is 4.79 Å². The predicted octanol–water partition coefficient (Wildman–Crippen LogP) is 0.724. The van der Waals surface area contributed by atoms with E-state index in [1.54, 1.807) is 0 Å². The number of aliphatic hydroxyl groups is 1. The van der Waals surface area contributed by atoms with Crippen molar-refractivity contribution in [3.8, 4) is 0 Å². The van der Waals surface area contributed by atoms with Gasteiger partial charge in [-0.25, -0.2) is 0 Å². The molecule has 13 heavy (non-hydrogen) atoms. The van der Waals surface area contributed by atoms with Crippen molar-refractivity contribution in [1.82, 2.24) is 0 Å². The van der Waals surface area contributed by atoms with Crippen molar-refractivity contribution >= 4 is 5.97 Å². The van der Waals surface area contributed by atoms with Crippen LogP contribution in [0.4, 0.5) is 0 Å². The van der Waals surface area contributed by atoms with Gasteiger partial charge in [-0.05, 0) is 42.9 Å². The summed E-state index contributed by atoms with van der Waals surface area (Å²) in [5.41, 5.74) is 0. The molecule has 0 aromatic heterocycles. The Hall–Kier alpha value is -0.570. The highest BCUT2D eigenvalue weighted by Crippen LogP contribution is 2.60. The van der Waals surface area contributed by atoms with Gasteiger partial charge < -0.3 is 10.2 Å². The van der Waals surface area contributed by atoms with Crippen LogP contribution in [0.5, 0.6) is 0 Å². The zero-order valence-electron chi connectivity index (χ0n) is 7.39. The summed E-state index contributed by atoms with van der Waals surface area (Å²) in [5, 5.41) is 18.9. The molecule has 0 heterocycles. The number of hydrogen-bond donors (Lipinski definition) is 2. The molecule has 0 spiro atoms. The van der Waals surface area contributed by atoms with Crippen molar-refractivity contribution in [3.05, 3.63) is 0 Å². The second kappa shape index (κ2) is 2.27. The summed E-state index contributed by atoms with van der Waals surface area (Å²) in [6, 6.07) is 0. The Morgan fingerprint density at radius 2 is 1.77 bits per heavy atom. The third-order valence-electron chi connectivity index (χ3n) is 4.49. The molecule has 4 aliphatic carbocycles. The average Bonchev–Trinajstić information content (AvgIpc) is 2.49. The summed E-state index contributed by atoms with van der Waals surface area (Å²) in [6.45, 7) is 0. The Labute approximate surface area is 76.8 Å². The lowest BCUT2D eigenvalue weighted by atomic mass is 9.73. The van der Waals surface area contributed by atoms with Gasteiger partial charge in [0.15, 0.2) is 0 Å². The third-order valence-corrected chi connectivity index (χ3v) is 4.49. The van der Waals surface area contributed by atoms with Gasteiger partial charge in [-0.15, -0.1) is 0 Å². The second-order valence-corrected chi connectivity index (χ2v) is 4.91. The van der Waals surface area contributed by atoms with E-state index >= 15 is 0 Å². The zero-order valence-corrected chi connectivity index (χ0v) is 7.39. The first-order valence-electron chi connectivity index (χ1n) is 5.09. The first-order chi connectivity index (χ1) is 6.18. The summed E-state index contributed by atoms with van der Waals surface area (Å²) in [7, 11) is 0. The fourth-order valence-corrected chi connectivity index (χ4v) is 4.07. The second-order valence-electron chi connectivity index (χ2n) is 4.91. The fraction of sp³-hybridized carbons (Fsp3) is 0.900. The lowest BCUT2D eigenvalue weighted by Crippen LogP contribution is -2.40. The monoisotopic (exact) mass is 182 g/mol. The maximum absolute atomic E-state index is 11.0. The SMILES string of the molecule is O=C(O)C1C2CC3CC2CC1C3O. The number of carbonyl (C=O) groups is 1. The molecule has 0 saturated heterocycles. The molecule has 4 aliphatic rings. The fourth-order valence-electron chi connectivity index (χ4n) is 4.07. The van der Waals surface area contributed by atoms with Crippen LogP contribution in [0.1, 0.15) is 19.3 Å². The normalized spacial score (nSPS) is 57.3. The van der Waals surface area contributed by atoms with Crippen molar-refractivity contribution < 1.29 is 15.0 Å². The van der Waals surface area contributed by atoms with Gasteiger partial charge in [0.1, 0.15) is 0 Å². The van der Waals surface area contributed by atoms with E-state index in [4.69, 9.17) is 5.11 Å². The van der Waals surface area contributed by atoms with E-state index in [0.29, 0.717) is 17.8 Å². The van der Waals surface area contributed by atoms with Gasteiger partial charge in [0.25, 0.3) is 0 Å². The molecule has 0 aromatic rings. The maximum atomic E-state index is 11.0. The van der Waals surface area contributed by atoms with E-state index in [1.165, 1.54) is 0 Å². The molecule has 4 rings (SSSR count). The van der Waals surface area contributed by atoms with Crippen LogP contribution in [0.3, 0.4) is 0 Å². The maximum Gasteiger partial charge on any atom is 0.307 e. The van der Waals surface area contributed by atoms with Crippen LogP contribution in [-0.2, 0) is 4.79 Å². The smallest absolute Gasteiger partial charge is 0.307 e. The lowest BCUT2D eigenvalue weighted by Gasteiger charge is -2.34. The van der Waals surface area contributed by atoms with Gasteiger partial charge >= 0.3 is 5.97 Å². The zero-order chi connectivity index (χ0) is 9.16. The summed E-state index contributed by atoms with van der Waals surface area (Å²) in [5.74, 6) is 0.565. The Bertz CT molecular complexity index is 263. The van der Waals surface area contributed by atoms with Gasteiger partial charge in [-0.2, -0.15) is 0 Å². The molecule has 3 nitrogen and oxygen atoms in total.